The first-order valence-corrected chi connectivity index (χ1v) is 12.0. The van der Waals surface area contributed by atoms with Gasteiger partial charge in [-0.25, -0.2) is 4.79 Å². The zero-order valence-corrected chi connectivity index (χ0v) is 18.9. The molecule has 5 heteroatoms. The molecule has 2 heterocycles. The summed E-state index contributed by atoms with van der Waals surface area (Å²) in [7, 11) is 1.93. The number of ether oxygens (including phenoxy) is 1. The van der Waals surface area contributed by atoms with Crippen molar-refractivity contribution in [3.63, 3.8) is 0 Å². The summed E-state index contributed by atoms with van der Waals surface area (Å²) >= 11 is 0. The summed E-state index contributed by atoms with van der Waals surface area (Å²) in [6, 6.07) is 16.2. The van der Waals surface area contributed by atoms with E-state index >= 15 is 0 Å². The molecule has 1 saturated carbocycles. The molecule has 0 aromatic heterocycles. The lowest BCUT2D eigenvalue weighted by Crippen LogP contribution is -2.41. The van der Waals surface area contributed by atoms with Crippen molar-refractivity contribution in [2.45, 2.75) is 44.1 Å². The standard InChI is InChI=1S/C27H32N2O3/c1-28(17-18-29-15-5-6-16-29)25(30)21-11-13-27(14-12-21)24-10-9-22(19-23(24)26(31)32-27)20-7-3-2-4-8-20/h2-4,7-10,19,21H,5-6,11-18H2,1H3/t21-,27-. The Morgan fingerprint density at radius 2 is 1.78 bits per heavy atom. The number of rotatable bonds is 5. The minimum absolute atomic E-state index is 0.0237. The van der Waals surface area contributed by atoms with Gasteiger partial charge in [0.15, 0.2) is 0 Å². The molecule has 1 spiro atoms. The van der Waals surface area contributed by atoms with Gasteiger partial charge >= 0.3 is 5.97 Å². The highest BCUT2D eigenvalue weighted by Gasteiger charge is 2.48. The molecule has 0 unspecified atom stereocenters. The minimum atomic E-state index is -0.563. The summed E-state index contributed by atoms with van der Waals surface area (Å²) in [5, 5.41) is 0. The third-order valence-electron chi connectivity index (χ3n) is 7.59. The molecule has 1 aliphatic carbocycles. The van der Waals surface area contributed by atoms with Crippen LogP contribution in [0.15, 0.2) is 48.5 Å². The number of likely N-dealkylation sites (N-methyl/N-ethyl adjacent to an activating group) is 1. The zero-order valence-electron chi connectivity index (χ0n) is 18.9. The summed E-state index contributed by atoms with van der Waals surface area (Å²) < 4.78 is 5.98. The van der Waals surface area contributed by atoms with Crippen LogP contribution in [0.3, 0.4) is 0 Å². The Bertz CT molecular complexity index is 989. The monoisotopic (exact) mass is 432 g/mol. The van der Waals surface area contributed by atoms with Crippen LogP contribution in [0.2, 0.25) is 0 Å². The van der Waals surface area contributed by atoms with Gasteiger partial charge in [-0.2, -0.15) is 0 Å². The molecule has 1 amide bonds. The van der Waals surface area contributed by atoms with Crippen LogP contribution >= 0.6 is 0 Å². The number of carbonyl (C=O) groups excluding carboxylic acids is 2. The summed E-state index contributed by atoms with van der Waals surface area (Å²) in [6.45, 7) is 4.07. The topological polar surface area (TPSA) is 49.9 Å². The molecular formula is C27H32N2O3. The number of hydrogen-bond acceptors (Lipinski definition) is 4. The molecule has 3 aliphatic rings. The molecule has 2 aromatic rings. The number of hydrogen-bond donors (Lipinski definition) is 0. The van der Waals surface area contributed by atoms with Crippen LogP contribution in [0, 0.1) is 5.92 Å². The first-order chi connectivity index (χ1) is 15.6. The first kappa shape index (κ1) is 21.2. The fourth-order valence-electron chi connectivity index (χ4n) is 5.63. The lowest BCUT2D eigenvalue weighted by atomic mass is 9.74. The Balaban J connectivity index is 1.25. The molecule has 168 valence electrons. The van der Waals surface area contributed by atoms with Crippen molar-refractivity contribution in [1.82, 2.24) is 9.80 Å². The summed E-state index contributed by atoms with van der Waals surface area (Å²) in [5.74, 6) is 0.0313. The molecule has 2 aromatic carbocycles. The second-order valence-electron chi connectivity index (χ2n) is 9.59. The maximum absolute atomic E-state index is 13.0. The summed E-state index contributed by atoms with van der Waals surface area (Å²) in [4.78, 5) is 30.1. The predicted molar refractivity (Wildman–Crippen MR) is 124 cm³/mol. The fraction of sp³-hybridized carbons (Fsp3) is 0.481. The second kappa shape index (κ2) is 8.70. The number of amides is 1. The average Bonchev–Trinajstić information content (AvgIpc) is 3.45. The Hall–Kier alpha value is -2.66. The molecule has 32 heavy (non-hydrogen) atoms. The lowest BCUT2D eigenvalue weighted by molar-refractivity contribution is -0.137. The van der Waals surface area contributed by atoms with E-state index in [1.165, 1.54) is 12.8 Å². The quantitative estimate of drug-likeness (QED) is 0.655. The molecule has 2 aliphatic heterocycles. The third kappa shape index (κ3) is 3.95. The van der Waals surface area contributed by atoms with Gasteiger partial charge in [-0.1, -0.05) is 42.5 Å². The van der Waals surface area contributed by atoms with Gasteiger partial charge in [-0.15, -0.1) is 0 Å². The van der Waals surface area contributed by atoms with E-state index in [-0.39, 0.29) is 17.8 Å². The van der Waals surface area contributed by atoms with E-state index in [4.69, 9.17) is 4.74 Å². The molecule has 2 fully saturated rings. The highest BCUT2D eigenvalue weighted by atomic mass is 16.6. The maximum Gasteiger partial charge on any atom is 0.339 e. The van der Waals surface area contributed by atoms with Gasteiger partial charge in [0.2, 0.25) is 5.91 Å². The molecule has 0 atom stereocenters. The largest absolute Gasteiger partial charge is 0.451 e. The van der Waals surface area contributed by atoms with Crippen molar-refractivity contribution in [2.75, 3.05) is 33.2 Å². The number of esters is 1. The Morgan fingerprint density at radius 1 is 1.06 bits per heavy atom. The van der Waals surface area contributed by atoms with Crippen molar-refractivity contribution in [3.8, 4) is 11.1 Å². The van der Waals surface area contributed by atoms with Crippen LogP contribution in [-0.4, -0.2) is 54.9 Å². The highest BCUT2D eigenvalue weighted by molar-refractivity contribution is 5.96. The van der Waals surface area contributed by atoms with E-state index in [2.05, 4.69) is 29.2 Å². The number of likely N-dealkylation sites (tertiary alicyclic amines) is 1. The van der Waals surface area contributed by atoms with Crippen LogP contribution in [0.4, 0.5) is 0 Å². The predicted octanol–water partition coefficient (Wildman–Crippen LogP) is 4.46. The van der Waals surface area contributed by atoms with Crippen molar-refractivity contribution in [1.29, 1.82) is 0 Å². The first-order valence-electron chi connectivity index (χ1n) is 12.0. The van der Waals surface area contributed by atoms with E-state index in [9.17, 15) is 9.59 Å². The van der Waals surface area contributed by atoms with Crippen molar-refractivity contribution in [2.24, 2.45) is 5.92 Å². The number of nitrogens with zero attached hydrogens (tertiary/aromatic N) is 2. The number of carbonyl (C=O) groups is 2. The van der Waals surface area contributed by atoms with Gasteiger partial charge in [0.1, 0.15) is 5.60 Å². The summed E-state index contributed by atoms with van der Waals surface area (Å²) in [5.41, 5.74) is 3.23. The van der Waals surface area contributed by atoms with Gasteiger partial charge in [-0.05, 0) is 68.8 Å². The second-order valence-corrected chi connectivity index (χ2v) is 9.59. The Morgan fingerprint density at radius 3 is 2.50 bits per heavy atom. The van der Waals surface area contributed by atoms with Crippen LogP contribution in [0.25, 0.3) is 11.1 Å². The van der Waals surface area contributed by atoms with Gasteiger partial charge in [0, 0.05) is 31.6 Å². The molecule has 5 rings (SSSR count). The van der Waals surface area contributed by atoms with E-state index in [0.29, 0.717) is 18.4 Å². The Labute approximate surface area is 190 Å². The van der Waals surface area contributed by atoms with Crippen LogP contribution in [0.1, 0.15) is 54.4 Å². The average molecular weight is 433 g/mol. The molecule has 5 nitrogen and oxygen atoms in total. The highest BCUT2D eigenvalue weighted by Crippen LogP contribution is 2.49. The van der Waals surface area contributed by atoms with Crippen molar-refractivity contribution < 1.29 is 14.3 Å². The molecule has 0 N–H and O–H groups in total. The van der Waals surface area contributed by atoms with Crippen LogP contribution in [-0.2, 0) is 15.1 Å². The van der Waals surface area contributed by atoms with Gasteiger partial charge in [0.05, 0.1) is 5.56 Å². The molecular weight excluding hydrogens is 400 g/mol. The third-order valence-corrected chi connectivity index (χ3v) is 7.59. The SMILES string of the molecule is CN(CCN1CCCC1)C(=O)[C@H]1CC[C@@]2(CC1)OC(=O)c1cc(-c3ccccc3)ccc12. The fourth-order valence-corrected chi connectivity index (χ4v) is 5.63. The molecule has 0 radical (unpaired) electrons. The lowest BCUT2D eigenvalue weighted by Gasteiger charge is -2.37. The van der Waals surface area contributed by atoms with Gasteiger partial charge < -0.3 is 14.5 Å². The van der Waals surface area contributed by atoms with Crippen molar-refractivity contribution >= 4 is 11.9 Å². The minimum Gasteiger partial charge on any atom is -0.451 e. The van der Waals surface area contributed by atoms with Crippen molar-refractivity contribution in [3.05, 3.63) is 59.7 Å². The number of fused-ring (bicyclic) bond motifs is 2. The zero-order chi connectivity index (χ0) is 22.1. The van der Waals surface area contributed by atoms with E-state index in [1.54, 1.807) is 0 Å². The smallest absolute Gasteiger partial charge is 0.339 e. The van der Waals surface area contributed by atoms with E-state index in [0.717, 1.165) is 55.7 Å². The number of benzene rings is 2. The van der Waals surface area contributed by atoms with Crippen LogP contribution < -0.4 is 0 Å². The normalized spacial score (nSPS) is 25.0. The Kier molecular flexibility index (Phi) is 5.76. The molecule has 1 saturated heterocycles. The van der Waals surface area contributed by atoms with E-state index < -0.39 is 5.60 Å². The van der Waals surface area contributed by atoms with E-state index in [1.807, 2.05) is 36.2 Å². The van der Waals surface area contributed by atoms with Gasteiger partial charge in [-0.3, -0.25) is 4.79 Å². The van der Waals surface area contributed by atoms with Crippen LogP contribution in [0.5, 0.6) is 0 Å². The maximum atomic E-state index is 13.0. The van der Waals surface area contributed by atoms with Gasteiger partial charge in [0.25, 0.3) is 0 Å². The summed E-state index contributed by atoms with van der Waals surface area (Å²) in [6.07, 6.45) is 5.50. The molecule has 0 bridgehead atoms.